The van der Waals surface area contributed by atoms with E-state index in [0.717, 1.165) is 68.2 Å². The molecule has 1 saturated heterocycles. The predicted molar refractivity (Wildman–Crippen MR) is 110 cm³/mol. The zero-order chi connectivity index (χ0) is 19.4. The van der Waals surface area contributed by atoms with E-state index in [-0.39, 0.29) is 11.9 Å². The van der Waals surface area contributed by atoms with E-state index in [1.807, 2.05) is 18.3 Å². The van der Waals surface area contributed by atoms with Crippen LogP contribution >= 0.6 is 0 Å². The molecule has 2 unspecified atom stereocenters. The number of H-pyrrole nitrogens is 1. The maximum atomic E-state index is 13.8. The number of hydrogen-bond acceptors (Lipinski definition) is 3. The SMILES string of the molecule is O=C(c1cccc2c1ccn2C1CCOC1)N(C1CC1)C1CCc2[nH]ncc2C1. The molecule has 6 heteroatoms. The zero-order valence-electron chi connectivity index (χ0n) is 16.5. The predicted octanol–water partition coefficient (Wildman–Crippen LogP) is 3.49. The summed E-state index contributed by atoms with van der Waals surface area (Å²) in [5.74, 6) is 0.190. The Morgan fingerprint density at radius 3 is 2.93 bits per heavy atom. The van der Waals surface area contributed by atoms with Crippen LogP contribution in [0.25, 0.3) is 10.9 Å². The molecule has 0 radical (unpaired) electrons. The third kappa shape index (κ3) is 2.89. The molecule has 3 heterocycles. The molecule has 1 amide bonds. The number of ether oxygens (including phenoxy) is 1. The van der Waals surface area contributed by atoms with Crippen molar-refractivity contribution in [2.75, 3.05) is 13.2 Å². The van der Waals surface area contributed by atoms with Gasteiger partial charge in [0.05, 0.1) is 18.8 Å². The number of aryl methyl sites for hydroxylation is 1. The minimum absolute atomic E-state index is 0.190. The highest BCUT2D eigenvalue weighted by atomic mass is 16.5. The normalized spacial score (nSPS) is 24.0. The molecule has 1 N–H and O–H groups in total. The molecule has 2 fully saturated rings. The Kier molecular flexibility index (Phi) is 4.01. The molecular weight excluding hydrogens is 364 g/mol. The van der Waals surface area contributed by atoms with Gasteiger partial charge in [0.1, 0.15) is 0 Å². The van der Waals surface area contributed by atoms with Crippen molar-refractivity contribution in [1.82, 2.24) is 19.7 Å². The quantitative estimate of drug-likeness (QED) is 0.742. The van der Waals surface area contributed by atoms with Gasteiger partial charge in [-0.3, -0.25) is 9.89 Å². The Bertz CT molecular complexity index is 1060. The van der Waals surface area contributed by atoms with Gasteiger partial charge in [0.15, 0.2) is 0 Å². The zero-order valence-corrected chi connectivity index (χ0v) is 16.5. The molecule has 2 aliphatic carbocycles. The topological polar surface area (TPSA) is 63.1 Å². The molecule has 1 aliphatic heterocycles. The van der Waals surface area contributed by atoms with Crippen molar-refractivity contribution in [2.24, 2.45) is 0 Å². The van der Waals surface area contributed by atoms with Gasteiger partial charge in [-0.2, -0.15) is 5.10 Å². The highest BCUT2D eigenvalue weighted by Crippen LogP contribution is 2.36. The molecule has 29 heavy (non-hydrogen) atoms. The van der Waals surface area contributed by atoms with E-state index in [9.17, 15) is 4.79 Å². The highest BCUT2D eigenvalue weighted by molar-refractivity contribution is 6.07. The van der Waals surface area contributed by atoms with Gasteiger partial charge in [0, 0.05) is 47.0 Å². The Morgan fingerprint density at radius 1 is 1.17 bits per heavy atom. The first kappa shape index (κ1) is 17.3. The second kappa shape index (κ2) is 6.73. The van der Waals surface area contributed by atoms with Gasteiger partial charge in [-0.05, 0) is 62.3 Å². The fourth-order valence-electron chi connectivity index (χ4n) is 5.19. The Morgan fingerprint density at radius 2 is 2.10 bits per heavy atom. The molecule has 0 spiro atoms. The lowest BCUT2D eigenvalue weighted by molar-refractivity contribution is 0.0645. The van der Waals surface area contributed by atoms with Crippen LogP contribution in [-0.2, 0) is 17.6 Å². The lowest BCUT2D eigenvalue weighted by Crippen LogP contribution is -2.44. The number of hydrogen-bond donors (Lipinski definition) is 1. The standard InChI is InChI=1S/C23H26N4O2/c28-23(27(16-4-5-16)17-6-7-21-15(12-17)13-24-25-21)20-2-1-3-22-19(20)8-10-26(22)18-9-11-29-14-18/h1-3,8,10,13,16-18H,4-7,9,11-12,14H2,(H,24,25). The molecule has 150 valence electrons. The molecular formula is C23H26N4O2. The summed E-state index contributed by atoms with van der Waals surface area (Å²) in [5, 5.41) is 8.38. The molecule has 1 saturated carbocycles. The molecule has 6 nitrogen and oxygen atoms in total. The van der Waals surface area contributed by atoms with Gasteiger partial charge in [-0.1, -0.05) is 6.07 Å². The van der Waals surface area contributed by atoms with Crippen LogP contribution in [-0.4, -0.2) is 50.9 Å². The van der Waals surface area contributed by atoms with Crippen molar-refractivity contribution in [3.05, 3.63) is 53.5 Å². The molecule has 2 aromatic heterocycles. The minimum atomic E-state index is 0.190. The third-order valence-electron chi connectivity index (χ3n) is 6.85. The second-order valence-corrected chi connectivity index (χ2v) is 8.69. The summed E-state index contributed by atoms with van der Waals surface area (Å²) >= 11 is 0. The third-order valence-corrected chi connectivity index (χ3v) is 6.85. The molecule has 2 atom stereocenters. The van der Waals surface area contributed by atoms with Crippen LogP contribution < -0.4 is 0 Å². The number of fused-ring (bicyclic) bond motifs is 2. The summed E-state index contributed by atoms with van der Waals surface area (Å²) in [6, 6.07) is 9.30. The molecule has 3 aromatic rings. The van der Waals surface area contributed by atoms with Crippen LogP contribution in [0, 0.1) is 0 Å². The number of nitrogens with one attached hydrogen (secondary N) is 1. The van der Waals surface area contributed by atoms with Crippen molar-refractivity contribution in [2.45, 2.75) is 56.7 Å². The Hall–Kier alpha value is -2.60. The van der Waals surface area contributed by atoms with E-state index in [4.69, 9.17) is 4.74 Å². The Labute approximate surface area is 169 Å². The summed E-state index contributed by atoms with van der Waals surface area (Å²) in [6.07, 6.45) is 10.2. The van der Waals surface area contributed by atoms with Crippen LogP contribution in [0.2, 0.25) is 0 Å². The van der Waals surface area contributed by atoms with E-state index in [2.05, 4.69) is 38.0 Å². The van der Waals surface area contributed by atoms with Crippen LogP contribution in [0.5, 0.6) is 0 Å². The number of benzene rings is 1. The van der Waals surface area contributed by atoms with E-state index in [1.165, 1.54) is 11.3 Å². The fourth-order valence-corrected chi connectivity index (χ4v) is 5.19. The first-order valence-electron chi connectivity index (χ1n) is 10.8. The number of carbonyl (C=O) groups is 1. The van der Waals surface area contributed by atoms with E-state index in [0.29, 0.717) is 12.1 Å². The largest absolute Gasteiger partial charge is 0.379 e. The van der Waals surface area contributed by atoms with Gasteiger partial charge in [0.25, 0.3) is 5.91 Å². The van der Waals surface area contributed by atoms with Gasteiger partial charge in [-0.25, -0.2) is 0 Å². The highest BCUT2D eigenvalue weighted by Gasteiger charge is 2.39. The van der Waals surface area contributed by atoms with Crippen LogP contribution in [0.3, 0.4) is 0 Å². The number of amides is 1. The Balaban J connectivity index is 1.35. The first-order valence-corrected chi connectivity index (χ1v) is 10.8. The lowest BCUT2D eigenvalue weighted by atomic mass is 9.91. The smallest absolute Gasteiger partial charge is 0.255 e. The summed E-state index contributed by atoms with van der Waals surface area (Å²) in [7, 11) is 0. The van der Waals surface area contributed by atoms with Gasteiger partial charge < -0.3 is 14.2 Å². The molecule has 3 aliphatic rings. The summed E-state index contributed by atoms with van der Waals surface area (Å²) in [6.45, 7) is 1.57. The lowest BCUT2D eigenvalue weighted by Gasteiger charge is -2.34. The number of rotatable bonds is 4. The van der Waals surface area contributed by atoms with E-state index in [1.54, 1.807) is 0 Å². The summed E-state index contributed by atoms with van der Waals surface area (Å²) in [4.78, 5) is 16.0. The average Bonchev–Trinajstić information content (AvgIpc) is 3.16. The number of nitrogens with zero attached hydrogens (tertiary/aromatic N) is 3. The van der Waals surface area contributed by atoms with E-state index < -0.39 is 0 Å². The average molecular weight is 390 g/mol. The van der Waals surface area contributed by atoms with Crippen molar-refractivity contribution < 1.29 is 9.53 Å². The van der Waals surface area contributed by atoms with Crippen LogP contribution in [0.1, 0.15) is 53.3 Å². The summed E-state index contributed by atoms with van der Waals surface area (Å²) in [5.41, 5.74) is 4.49. The van der Waals surface area contributed by atoms with Gasteiger partial charge in [0.2, 0.25) is 0 Å². The number of aromatic nitrogens is 3. The van der Waals surface area contributed by atoms with E-state index >= 15 is 0 Å². The first-order chi connectivity index (χ1) is 14.3. The fraction of sp³-hybridized carbons (Fsp3) is 0.478. The molecule has 0 bridgehead atoms. The van der Waals surface area contributed by atoms with Crippen molar-refractivity contribution in [3.8, 4) is 0 Å². The number of aromatic amines is 1. The second-order valence-electron chi connectivity index (χ2n) is 8.69. The van der Waals surface area contributed by atoms with Crippen molar-refractivity contribution >= 4 is 16.8 Å². The monoisotopic (exact) mass is 390 g/mol. The van der Waals surface area contributed by atoms with Gasteiger partial charge in [-0.15, -0.1) is 0 Å². The summed E-state index contributed by atoms with van der Waals surface area (Å²) < 4.78 is 7.87. The van der Waals surface area contributed by atoms with Crippen LogP contribution in [0.4, 0.5) is 0 Å². The maximum Gasteiger partial charge on any atom is 0.255 e. The maximum absolute atomic E-state index is 13.8. The molecule has 1 aromatic carbocycles. The van der Waals surface area contributed by atoms with Crippen molar-refractivity contribution in [1.29, 1.82) is 0 Å². The minimum Gasteiger partial charge on any atom is -0.379 e. The van der Waals surface area contributed by atoms with Crippen LogP contribution in [0.15, 0.2) is 36.7 Å². The number of carbonyl (C=O) groups excluding carboxylic acids is 1. The van der Waals surface area contributed by atoms with Gasteiger partial charge >= 0.3 is 0 Å². The molecule has 6 rings (SSSR count). The van der Waals surface area contributed by atoms with Crippen molar-refractivity contribution in [3.63, 3.8) is 0 Å².